The lowest BCUT2D eigenvalue weighted by Crippen LogP contribution is -2.38. The first kappa shape index (κ1) is 8.93. The van der Waals surface area contributed by atoms with Crippen molar-refractivity contribution in [3.8, 4) is 0 Å². The smallest absolute Gasteiger partial charge is 0.308 e. The molecule has 0 spiro atoms. The van der Waals surface area contributed by atoms with E-state index >= 15 is 0 Å². The zero-order valence-corrected chi connectivity index (χ0v) is 7.16. The van der Waals surface area contributed by atoms with E-state index in [9.17, 15) is 12.3 Å². The molecule has 0 radical (unpaired) electrons. The summed E-state index contributed by atoms with van der Waals surface area (Å²) >= 11 is 0. The standard InChI is InChI=1S/C6H11FO3S/c1-6(11(7,8)9)2-4-10-5-3-6/h2-5H2,1H3. The Bertz CT molecular complexity index is 228. The van der Waals surface area contributed by atoms with Gasteiger partial charge < -0.3 is 4.74 Å². The van der Waals surface area contributed by atoms with Crippen LogP contribution in [0.15, 0.2) is 0 Å². The van der Waals surface area contributed by atoms with Gasteiger partial charge in [0.1, 0.15) is 4.75 Å². The zero-order valence-electron chi connectivity index (χ0n) is 6.34. The predicted octanol–water partition coefficient (Wildman–Crippen LogP) is 0.855. The Morgan fingerprint density at radius 2 is 1.82 bits per heavy atom. The summed E-state index contributed by atoms with van der Waals surface area (Å²) in [6.07, 6.45) is 0.512. The minimum atomic E-state index is -4.41. The molecule has 0 aromatic rings. The number of hydrogen-bond acceptors (Lipinski definition) is 3. The van der Waals surface area contributed by atoms with Crippen LogP contribution in [0, 0.1) is 0 Å². The van der Waals surface area contributed by atoms with E-state index in [-0.39, 0.29) is 12.8 Å². The van der Waals surface area contributed by atoms with Crippen molar-refractivity contribution in [3.05, 3.63) is 0 Å². The molecule has 0 aromatic carbocycles. The molecule has 0 bridgehead atoms. The van der Waals surface area contributed by atoms with Crippen molar-refractivity contribution in [2.24, 2.45) is 0 Å². The van der Waals surface area contributed by atoms with Gasteiger partial charge in [0.05, 0.1) is 0 Å². The summed E-state index contributed by atoms with van der Waals surface area (Å²) in [5.41, 5.74) is 0. The van der Waals surface area contributed by atoms with Crippen molar-refractivity contribution in [1.29, 1.82) is 0 Å². The molecule has 1 aliphatic rings. The molecular formula is C6H11FO3S. The number of hydrogen-bond donors (Lipinski definition) is 0. The van der Waals surface area contributed by atoms with Gasteiger partial charge in [0, 0.05) is 13.2 Å². The summed E-state index contributed by atoms with van der Waals surface area (Å²) in [5.74, 6) is 0. The summed E-state index contributed by atoms with van der Waals surface area (Å²) in [4.78, 5) is 0. The maximum absolute atomic E-state index is 12.6. The second-order valence-electron chi connectivity index (χ2n) is 3.00. The molecule has 66 valence electrons. The highest BCUT2D eigenvalue weighted by atomic mass is 32.3. The molecule has 1 heterocycles. The highest BCUT2D eigenvalue weighted by molar-refractivity contribution is 7.87. The molecule has 1 aliphatic heterocycles. The SMILES string of the molecule is CC1(S(=O)(=O)F)CCOCC1. The van der Waals surface area contributed by atoms with Crippen molar-refractivity contribution in [1.82, 2.24) is 0 Å². The molecule has 0 saturated carbocycles. The average Bonchev–Trinajstić information content (AvgIpc) is 1.87. The quantitative estimate of drug-likeness (QED) is 0.565. The maximum atomic E-state index is 12.6. The molecule has 5 heteroatoms. The third kappa shape index (κ3) is 1.70. The first-order chi connectivity index (χ1) is 4.96. The first-order valence-electron chi connectivity index (χ1n) is 3.48. The Labute approximate surface area is 65.8 Å². The van der Waals surface area contributed by atoms with E-state index in [4.69, 9.17) is 4.74 Å². The first-order valence-corrected chi connectivity index (χ1v) is 4.86. The Hall–Kier alpha value is -0.160. The summed E-state index contributed by atoms with van der Waals surface area (Å²) in [7, 11) is -4.41. The molecule has 0 unspecified atom stereocenters. The fourth-order valence-electron chi connectivity index (χ4n) is 1.05. The molecule has 0 aliphatic carbocycles. The van der Waals surface area contributed by atoms with Crippen LogP contribution in [0.4, 0.5) is 3.89 Å². The lowest BCUT2D eigenvalue weighted by Gasteiger charge is -2.28. The van der Waals surface area contributed by atoms with Gasteiger partial charge in [-0.1, -0.05) is 0 Å². The number of ether oxygens (including phenoxy) is 1. The van der Waals surface area contributed by atoms with Crippen LogP contribution in [0.2, 0.25) is 0 Å². The van der Waals surface area contributed by atoms with Gasteiger partial charge in [0.25, 0.3) is 0 Å². The van der Waals surface area contributed by atoms with Crippen LogP contribution in [0.5, 0.6) is 0 Å². The fourth-order valence-corrected chi connectivity index (χ4v) is 1.70. The minimum absolute atomic E-state index is 0.256. The lowest BCUT2D eigenvalue weighted by atomic mass is 10.0. The summed E-state index contributed by atoms with van der Waals surface area (Å²) in [6, 6.07) is 0. The summed E-state index contributed by atoms with van der Waals surface area (Å²) in [5, 5.41) is 0. The Morgan fingerprint density at radius 3 is 2.09 bits per heavy atom. The van der Waals surface area contributed by atoms with Crippen molar-refractivity contribution in [2.45, 2.75) is 24.5 Å². The molecule has 1 fully saturated rings. The highest BCUT2D eigenvalue weighted by Crippen LogP contribution is 2.29. The van der Waals surface area contributed by atoms with Crippen LogP contribution in [0.1, 0.15) is 19.8 Å². The van der Waals surface area contributed by atoms with Gasteiger partial charge in [-0.05, 0) is 19.8 Å². The van der Waals surface area contributed by atoms with E-state index in [0.29, 0.717) is 13.2 Å². The molecule has 11 heavy (non-hydrogen) atoms. The zero-order chi connectivity index (χ0) is 8.54. The van der Waals surface area contributed by atoms with Gasteiger partial charge in [-0.2, -0.15) is 8.42 Å². The van der Waals surface area contributed by atoms with E-state index in [2.05, 4.69) is 0 Å². The summed E-state index contributed by atoms with van der Waals surface area (Å²) < 4.78 is 37.5. The maximum Gasteiger partial charge on any atom is 0.308 e. The van der Waals surface area contributed by atoms with E-state index in [1.807, 2.05) is 0 Å². The van der Waals surface area contributed by atoms with Crippen LogP contribution in [-0.4, -0.2) is 26.4 Å². The predicted molar refractivity (Wildman–Crippen MR) is 38.5 cm³/mol. The van der Waals surface area contributed by atoms with Crippen molar-refractivity contribution >= 4 is 10.2 Å². The molecule has 0 aromatic heterocycles. The van der Waals surface area contributed by atoms with Crippen LogP contribution in [0.3, 0.4) is 0 Å². The second-order valence-corrected chi connectivity index (χ2v) is 4.86. The molecule has 0 N–H and O–H groups in total. The van der Waals surface area contributed by atoms with Crippen molar-refractivity contribution in [2.75, 3.05) is 13.2 Å². The second kappa shape index (κ2) is 2.71. The fraction of sp³-hybridized carbons (Fsp3) is 1.00. The number of rotatable bonds is 1. The van der Waals surface area contributed by atoms with E-state index in [1.54, 1.807) is 0 Å². The molecule has 1 saturated heterocycles. The van der Waals surface area contributed by atoms with Crippen molar-refractivity contribution < 1.29 is 17.0 Å². The van der Waals surface area contributed by atoms with Gasteiger partial charge >= 0.3 is 10.2 Å². The van der Waals surface area contributed by atoms with Crippen molar-refractivity contribution in [3.63, 3.8) is 0 Å². The van der Waals surface area contributed by atoms with Gasteiger partial charge in [-0.15, -0.1) is 3.89 Å². The van der Waals surface area contributed by atoms with Gasteiger partial charge in [-0.25, -0.2) is 0 Å². The topological polar surface area (TPSA) is 43.4 Å². The van der Waals surface area contributed by atoms with Gasteiger partial charge in [0.15, 0.2) is 0 Å². The van der Waals surface area contributed by atoms with Gasteiger partial charge in [-0.3, -0.25) is 0 Å². The summed E-state index contributed by atoms with van der Waals surface area (Å²) in [6.45, 7) is 2.09. The van der Waals surface area contributed by atoms with Crippen LogP contribution < -0.4 is 0 Å². The Kier molecular flexibility index (Phi) is 2.20. The molecule has 0 atom stereocenters. The molecule has 0 amide bonds. The normalized spacial score (nSPS) is 24.9. The van der Waals surface area contributed by atoms with E-state index in [0.717, 1.165) is 0 Å². The Balaban J connectivity index is 2.81. The third-order valence-electron chi connectivity index (χ3n) is 2.14. The van der Waals surface area contributed by atoms with E-state index in [1.165, 1.54) is 6.92 Å². The monoisotopic (exact) mass is 182 g/mol. The minimum Gasteiger partial charge on any atom is -0.381 e. The van der Waals surface area contributed by atoms with E-state index < -0.39 is 15.0 Å². The highest BCUT2D eigenvalue weighted by Gasteiger charge is 2.40. The third-order valence-corrected chi connectivity index (χ3v) is 3.72. The largest absolute Gasteiger partial charge is 0.381 e. The lowest BCUT2D eigenvalue weighted by molar-refractivity contribution is 0.0777. The average molecular weight is 182 g/mol. The van der Waals surface area contributed by atoms with Crippen LogP contribution in [-0.2, 0) is 15.0 Å². The Morgan fingerprint density at radius 1 is 1.36 bits per heavy atom. The molecular weight excluding hydrogens is 171 g/mol. The van der Waals surface area contributed by atoms with Crippen LogP contribution in [0.25, 0.3) is 0 Å². The van der Waals surface area contributed by atoms with Crippen LogP contribution >= 0.6 is 0 Å². The number of halogens is 1. The molecule has 3 nitrogen and oxygen atoms in total. The van der Waals surface area contributed by atoms with Gasteiger partial charge in [0.2, 0.25) is 0 Å². The molecule has 1 rings (SSSR count).